The molecule has 9 heteroatoms. The molecule has 0 radical (unpaired) electrons. The maximum Gasteiger partial charge on any atom is 0.216 e. The smallest absolute Gasteiger partial charge is 0.216 e. The van der Waals surface area contributed by atoms with Crippen molar-refractivity contribution in [3.05, 3.63) is 29.2 Å². The maximum absolute atomic E-state index is 5.31. The molecule has 0 saturated heterocycles. The van der Waals surface area contributed by atoms with Crippen LogP contribution in [0, 0.1) is 4.77 Å². The Balaban J connectivity index is 2.36. The highest BCUT2D eigenvalue weighted by Gasteiger charge is 2.09. The van der Waals surface area contributed by atoms with Crippen molar-refractivity contribution in [1.29, 1.82) is 0 Å². The Bertz CT molecular complexity index is 573. The lowest BCUT2D eigenvalue weighted by Crippen LogP contribution is -2.39. The zero-order valence-corrected chi connectivity index (χ0v) is 10.2. The highest BCUT2D eigenvalue weighted by Crippen LogP contribution is 2.11. The van der Waals surface area contributed by atoms with E-state index in [2.05, 4.69) is 38.4 Å². The number of hydrogen-bond acceptors (Lipinski definition) is 5. The van der Waals surface area contributed by atoms with Crippen LogP contribution in [0.5, 0.6) is 0 Å². The number of hydrazine groups is 1. The minimum absolute atomic E-state index is 0.0973. The Hall–Kier alpha value is -2.00. The zero-order valence-electron chi connectivity index (χ0n) is 8.54. The van der Waals surface area contributed by atoms with E-state index in [9.17, 15) is 0 Å². The largest absolute Gasteiger partial charge is 0.375 e. The van der Waals surface area contributed by atoms with Gasteiger partial charge in [0.15, 0.2) is 5.11 Å². The minimum Gasteiger partial charge on any atom is -0.375 e. The van der Waals surface area contributed by atoms with Gasteiger partial charge in [-0.1, -0.05) is 6.07 Å². The molecule has 0 aliphatic rings. The lowest BCUT2D eigenvalue weighted by atomic mass is 10.3. The van der Waals surface area contributed by atoms with Gasteiger partial charge in [-0.15, -0.1) is 0 Å². The molecule has 2 aromatic heterocycles. The summed E-state index contributed by atoms with van der Waals surface area (Å²) < 4.78 is 1.85. The summed E-state index contributed by atoms with van der Waals surface area (Å²) in [4.78, 5) is 4.17. The molecular weight excluding hydrogens is 258 g/mol. The molecule has 2 rings (SSSR count). The van der Waals surface area contributed by atoms with Crippen LogP contribution >= 0.6 is 24.4 Å². The fourth-order valence-electron chi connectivity index (χ4n) is 1.18. The van der Waals surface area contributed by atoms with Crippen molar-refractivity contribution in [3.63, 3.8) is 0 Å². The van der Waals surface area contributed by atoms with Gasteiger partial charge in [0, 0.05) is 6.20 Å². The van der Waals surface area contributed by atoms with Crippen molar-refractivity contribution < 1.29 is 0 Å². The van der Waals surface area contributed by atoms with E-state index in [-0.39, 0.29) is 5.11 Å². The predicted molar refractivity (Wildman–Crippen MR) is 69.9 cm³/mol. The molecule has 5 N–H and O–H groups in total. The molecule has 2 aromatic rings. The molecule has 0 aromatic carbocycles. The molecule has 0 unspecified atom stereocenters. The summed E-state index contributed by atoms with van der Waals surface area (Å²) in [6, 6.07) is 5.48. The van der Waals surface area contributed by atoms with Gasteiger partial charge in [0.05, 0.1) is 0 Å². The van der Waals surface area contributed by atoms with Gasteiger partial charge in [0.1, 0.15) is 5.69 Å². The number of nitrogens with one attached hydrogen (secondary N) is 3. The monoisotopic (exact) mass is 267 g/mol. The molecule has 0 aliphatic heterocycles. The van der Waals surface area contributed by atoms with Crippen molar-refractivity contribution in [2.24, 2.45) is 5.73 Å². The highest BCUT2D eigenvalue weighted by molar-refractivity contribution is 7.80. The topological polar surface area (TPSA) is 96.6 Å². The van der Waals surface area contributed by atoms with Crippen LogP contribution in [-0.4, -0.2) is 25.0 Å². The summed E-state index contributed by atoms with van der Waals surface area (Å²) in [5.74, 6) is 0.527. The second-order valence-electron chi connectivity index (χ2n) is 3.00. The molecule has 0 saturated carbocycles. The second-order valence-corrected chi connectivity index (χ2v) is 3.83. The molecule has 7 nitrogen and oxygen atoms in total. The summed E-state index contributed by atoms with van der Waals surface area (Å²) in [6.07, 6.45) is 1.67. The van der Waals surface area contributed by atoms with Crippen LogP contribution in [0.4, 0.5) is 0 Å². The molecule has 0 bridgehead atoms. The van der Waals surface area contributed by atoms with Gasteiger partial charge < -0.3 is 5.73 Å². The van der Waals surface area contributed by atoms with Crippen LogP contribution < -0.4 is 16.7 Å². The third kappa shape index (κ3) is 2.57. The zero-order chi connectivity index (χ0) is 12.3. The van der Waals surface area contributed by atoms with Gasteiger partial charge in [0.25, 0.3) is 0 Å². The first-order valence-electron chi connectivity index (χ1n) is 4.59. The number of aromatic nitrogens is 4. The van der Waals surface area contributed by atoms with Gasteiger partial charge >= 0.3 is 0 Å². The number of hydrogen-bond donors (Lipinski definition) is 4. The fourth-order valence-corrected chi connectivity index (χ4v) is 1.40. The van der Waals surface area contributed by atoms with Crippen LogP contribution in [0.3, 0.4) is 0 Å². The summed E-state index contributed by atoms with van der Waals surface area (Å²) in [5.41, 5.74) is 11.3. The van der Waals surface area contributed by atoms with E-state index < -0.39 is 0 Å². The Morgan fingerprint density at radius 1 is 1.47 bits per heavy atom. The molecule has 2 heterocycles. The first kappa shape index (κ1) is 11.5. The van der Waals surface area contributed by atoms with Crippen molar-refractivity contribution in [2.75, 3.05) is 5.53 Å². The van der Waals surface area contributed by atoms with Crippen molar-refractivity contribution >= 4 is 29.5 Å². The normalized spacial score (nSPS) is 9.88. The average molecular weight is 267 g/mol. The van der Waals surface area contributed by atoms with Gasteiger partial charge in [-0.25, -0.2) is 10.6 Å². The van der Waals surface area contributed by atoms with Crippen LogP contribution in [0.2, 0.25) is 0 Å². The van der Waals surface area contributed by atoms with Crippen LogP contribution in [0.15, 0.2) is 24.4 Å². The average Bonchev–Trinajstić information content (AvgIpc) is 2.69. The molecular formula is C8H9N7S2. The molecule has 0 fully saturated rings. The van der Waals surface area contributed by atoms with Crippen LogP contribution in [0.25, 0.3) is 11.5 Å². The number of pyridine rings is 1. The third-order valence-corrected chi connectivity index (χ3v) is 2.23. The minimum atomic E-state index is 0.0973. The third-order valence-electron chi connectivity index (χ3n) is 1.86. The standard InChI is InChI=1S/C8H9N7S2/c9-7(16)12-14-15-6(11-13-8(15)17)5-3-1-2-4-10-5/h1-4,14H,(H,13,17)(H3,9,12,16). The number of aromatic amines is 1. The number of rotatable bonds is 3. The Labute approximate surface area is 107 Å². The first-order chi connectivity index (χ1) is 8.18. The summed E-state index contributed by atoms with van der Waals surface area (Å²) in [7, 11) is 0. The van der Waals surface area contributed by atoms with E-state index in [0.29, 0.717) is 16.3 Å². The molecule has 0 atom stereocenters. The quantitative estimate of drug-likeness (QED) is 0.469. The van der Waals surface area contributed by atoms with Gasteiger partial charge in [-0.2, -0.15) is 9.77 Å². The summed E-state index contributed by atoms with van der Waals surface area (Å²) in [6.45, 7) is 0. The Morgan fingerprint density at radius 2 is 2.29 bits per heavy atom. The van der Waals surface area contributed by atoms with Crippen LogP contribution in [-0.2, 0) is 0 Å². The van der Waals surface area contributed by atoms with E-state index in [4.69, 9.17) is 18.0 Å². The molecule has 0 spiro atoms. The molecule has 88 valence electrons. The van der Waals surface area contributed by atoms with E-state index in [1.165, 1.54) is 4.68 Å². The summed E-state index contributed by atoms with van der Waals surface area (Å²) >= 11 is 9.74. The van der Waals surface area contributed by atoms with Crippen molar-refractivity contribution in [2.45, 2.75) is 0 Å². The second kappa shape index (κ2) is 4.89. The van der Waals surface area contributed by atoms with E-state index in [1.807, 2.05) is 18.2 Å². The predicted octanol–water partition coefficient (Wildman–Crippen LogP) is 0.294. The number of H-pyrrole nitrogens is 1. The highest BCUT2D eigenvalue weighted by atomic mass is 32.1. The number of thiocarbonyl (C=S) groups is 1. The lowest BCUT2D eigenvalue weighted by Gasteiger charge is -2.09. The fraction of sp³-hybridized carbons (Fsp3) is 0. The van der Waals surface area contributed by atoms with E-state index in [1.54, 1.807) is 6.20 Å². The van der Waals surface area contributed by atoms with Gasteiger partial charge in [-0.3, -0.25) is 10.4 Å². The van der Waals surface area contributed by atoms with Gasteiger partial charge in [0.2, 0.25) is 10.6 Å². The van der Waals surface area contributed by atoms with Crippen molar-refractivity contribution in [1.82, 2.24) is 25.3 Å². The molecule has 17 heavy (non-hydrogen) atoms. The lowest BCUT2D eigenvalue weighted by molar-refractivity contribution is 0.805. The Kier molecular flexibility index (Phi) is 3.30. The van der Waals surface area contributed by atoms with Gasteiger partial charge in [-0.05, 0) is 36.6 Å². The Morgan fingerprint density at radius 3 is 2.94 bits per heavy atom. The molecule has 0 aliphatic carbocycles. The molecule has 0 amide bonds. The van der Waals surface area contributed by atoms with Crippen LogP contribution in [0.1, 0.15) is 0 Å². The van der Waals surface area contributed by atoms with E-state index >= 15 is 0 Å². The van der Waals surface area contributed by atoms with E-state index in [0.717, 1.165) is 0 Å². The number of nitrogens with two attached hydrogens (primary N) is 1. The summed E-state index contributed by atoms with van der Waals surface area (Å²) in [5, 5.41) is 6.81. The first-order valence-corrected chi connectivity index (χ1v) is 5.40. The van der Waals surface area contributed by atoms with Crippen molar-refractivity contribution in [3.8, 4) is 11.5 Å². The number of nitrogens with zero attached hydrogens (tertiary/aromatic N) is 3. The SMILES string of the molecule is NC(=S)NNn1c(-c2ccccn2)n[nH]c1=S. The maximum atomic E-state index is 5.31.